The zero-order chi connectivity index (χ0) is 13.4. The Labute approximate surface area is 110 Å². The number of aromatic nitrogens is 2. The molecule has 1 N–H and O–H groups in total. The van der Waals surface area contributed by atoms with Crippen LogP contribution in [-0.4, -0.2) is 43.5 Å². The number of hydrogen-bond acceptors (Lipinski definition) is 5. The number of rotatable bonds is 8. The number of nitrogens with zero attached hydrogens (tertiary/aromatic N) is 3. The second-order valence-electron chi connectivity index (χ2n) is 4.36. The number of nitrogens with one attached hydrogen (secondary N) is 1. The van der Waals surface area contributed by atoms with Gasteiger partial charge in [-0.1, -0.05) is 6.92 Å². The van der Waals surface area contributed by atoms with Crippen LogP contribution in [-0.2, 0) is 11.3 Å². The fourth-order valence-corrected chi connectivity index (χ4v) is 1.75. The monoisotopic (exact) mass is 252 g/mol. The lowest BCUT2D eigenvalue weighted by Crippen LogP contribution is -2.36. The van der Waals surface area contributed by atoms with Gasteiger partial charge in [0, 0.05) is 26.2 Å². The first-order chi connectivity index (χ1) is 8.72. The van der Waals surface area contributed by atoms with Crippen LogP contribution >= 0.6 is 0 Å². The predicted octanol–water partition coefficient (Wildman–Crippen LogP) is 1.45. The molecule has 5 heteroatoms. The molecular formula is C13H24N4O. The Balaban J connectivity index is 2.77. The Bertz CT molecular complexity index is 328. The maximum absolute atomic E-state index is 5.15. The average molecular weight is 252 g/mol. The topological polar surface area (TPSA) is 50.3 Å². The largest absolute Gasteiger partial charge is 0.383 e. The predicted molar refractivity (Wildman–Crippen MR) is 73.8 cm³/mol. The molecule has 1 aromatic rings. The van der Waals surface area contributed by atoms with E-state index < -0.39 is 0 Å². The minimum atomic E-state index is 0.435. The minimum Gasteiger partial charge on any atom is -0.383 e. The van der Waals surface area contributed by atoms with E-state index in [1.807, 2.05) is 19.2 Å². The average Bonchev–Trinajstić information content (AvgIpc) is 2.41. The smallest absolute Gasteiger partial charge is 0.151 e. The van der Waals surface area contributed by atoms with E-state index in [2.05, 4.69) is 34.3 Å². The van der Waals surface area contributed by atoms with Gasteiger partial charge in [-0.05, 0) is 32.5 Å². The summed E-state index contributed by atoms with van der Waals surface area (Å²) in [5, 5.41) is 11.6. The highest BCUT2D eigenvalue weighted by molar-refractivity contribution is 5.38. The van der Waals surface area contributed by atoms with E-state index in [4.69, 9.17) is 4.74 Å². The molecule has 0 radical (unpaired) electrons. The summed E-state index contributed by atoms with van der Waals surface area (Å²) in [5.41, 5.74) is 0.956. The fraction of sp³-hybridized carbons (Fsp3) is 0.692. The van der Waals surface area contributed by atoms with Gasteiger partial charge in [0.15, 0.2) is 5.82 Å². The van der Waals surface area contributed by atoms with Gasteiger partial charge in [0.05, 0.1) is 12.3 Å². The van der Waals surface area contributed by atoms with Crippen LogP contribution in [0, 0.1) is 0 Å². The molecule has 0 aliphatic carbocycles. The lowest BCUT2D eigenvalue weighted by atomic mass is 10.2. The number of hydrogen-bond donors (Lipinski definition) is 1. The molecule has 1 rings (SSSR count). The molecule has 0 bridgehead atoms. The number of anilines is 1. The molecule has 0 saturated carbocycles. The number of ether oxygens (including phenoxy) is 1. The second-order valence-corrected chi connectivity index (χ2v) is 4.36. The molecule has 102 valence electrons. The van der Waals surface area contributed by atoms with Crippen molar-refractivity contribution in [2.75, 3.05) is 32.2 Å². The van der Waals surface area contributed by atoms with Gasteiger partial charge in [-0.2, -0.15) is 5.10 Å². The van der Waals surface area contributed by atoms with Crippen LogP contribution in [0.3, 0.4) is 0 Å². The highest BCUT2D eigenvalue weighted by Crippen LogP contribution is 2.14. The summed E-state index contributed by atoms with van der Waals surface area (Å²) in [5.74, 6) is 0.918. The molecule has 1 atom stereocenters. The maximum Gasteiger partial charge on any atom is 0.151 e. The van der Waals surface area contributed by atoms with Crippen molar-refractivity contribution < 1.29 is 4.74 Å². The summed E-state index contributed by atoms with van der Waals surface area (Å²) in [6.07, 6.45) is 1.07. The van der Waals surface area contributed by atoms with Crippen LogP contribution in [0.15, 0.2) is 12.1 Å². The molecule has 0 fully saturated rings. The fourth-order valence-electron chi connectivity index (χ4n) is 1.75. The molecule has 0 aliphatic rings. The molecule has 1 unspecified atom stereocenters. The third kappa shape index (κ3) is 4.23. The Morgan fingerprint density at radius 3 is 2.67 bits per heavy atom. The van der Waals surface area contributed by atoms with E-state index >= 15 is 0 Å². The molecule has 0 spiro atoms. The van der Waals surface area contributed by atoms with Crippen molar-refractivity contribution >= 4 is 5.82 Å². The second kappa shape index (κ2) is 8.00. The van der Waals surface area contributed by atoms with Crippen molar-refractivity contribution in [1.82, 2.24) is 15.5 Å². The molecule has 5 nitrogen and oxygen atoms in total. The lowest BCUT2D eigenvalue weighted by molar-refractivity contribution is 0.203. The molecule has 1 heterocycles. The highest BCUT2D eigenvalue weighted by atomic mass is 16.5. The summed E-state index contributed by atoms with van der Waals surface area (Å²) in [4.78, 5) is 2.24. The van der Waals surface area contributed by atoms with Crippen LogP contribution in [0.5, 0.6) is 0 Å². The zero-order valence-electron chi connectivity index (χ0n) is 11.8. The summed E-state index contributed by atoms with van der Waals surface area (Å²) in [6.45, 7) is 6.65. The van der Waals surface area contributed by atoms with E-state index in [9.17, 15) is 0 Å². The van der Waals surface area contributed by atoms with Crippen molar-refractivity contribution in [2.24, 2.45) is 0 Å². The minimum absolute atomic E-state index is 0.435. The lowest BCUT2D eigenvalue weighted by Gasteiger charge is -2.29. The molecule has 0 amide bonds. The van der Waals surface area contributed by atoms with Crippen molar-refractivity contribution in [3.8, 4) is 0 Å². The Kier molecular flexibility index (Phi) is 6.60. The van der Waals surface area contributed by atoms with Crippen LogP contribution < -0.4 is 10.2 Å². The van der Waals surface area contributed by atoms with Gasteiger partial charge in [0.2, 0.25) is 0 Å². The van der Waals surface area contributed by atoms with Gasteiger partial charge in [-0.25, -0.2) is 0 Å². The van der Waals surface area contributed by atoms with E-state index in [1.165, 1.54) is 0 Å². The summed E-state index contributed by atoms with van der Waals surface area (Å²) in [6, 6.07) is 4.48. The summed E-state index contributed by atoms with van der Waals surface area (Å²) in [7, 11) is 3.62. The SMILES string of the molecule is CCC(C)N(CCOC)c1ccc(CNC)nn1. The van der Waals surface area contributed by atoms with E-state index in [-0.39, 0.29) is 0 Å². The van der Waals surface area contributed by atoms with E-state index in [0.717, 1.165) is 31.0 Å². The molecule has 18 heavy (non-hydrogen) atoms. The van der Waals surface area contributed by atoms with Crippen LogP contribution in [0.25, 0.3) is 0 Å². The van der Waals surface area contributed by atoms with Gasteiger partial charge < -0.3 is 15.0 Å². The quantitative estimate of drug-likeness (QED) is 0.759. The summed E-state index contributed by atoms with van der Waals surface area (Å²) < 4.78 is 5.15. The van der Waals surface area contributed by atoms with Gasteiger partial charge in [0.25, 0.3) is 0 Å². The molecule has 0 aliphatic heterocycles. The normalized spacial score (nSPS) is 12.4. The highest BCUT2D eigenvalue weighted by Gasteiger charge is 2.14. The molecule has 1 aromatic heterocycles. The van der Waals surface area contributed by atoms with Crippen molar-refractivity contribution in [3.63, 3.8) is 0 Å². The maximum atomic E-state index is 5.15. The molecular weight excluding hydrogens is 228 g/mol. The van der Waals surface area contributed by atoms with Crippen LogP contribution in [0.1, 0.15) is 26.0 Å². The first kappa shape index (κ1) is 14.9. The Hall–Kier alpha value is -1.20. The Morgan fingerprint density at radius 2 is 2.17 bits per heavy atom. The van der Waals surface area contributed by atoms with Gasteiger partial charge >= 0.3 is 0 Å². The molecule has 0 saturated heterocycles. The van der Waals surface area contributed by atoms with Gasteiger partial charge in [-0.3, -0.25) is 0 Å². The number of methoxy groups -OCH3 is 1. The van der Waals surface area contributed by atoms with E-state index in [0.29, 0.717) is 12.6 Å². The van der Waals surface area contributed by atoms with Crippen molar-refractivity contribution in [2.45, 2.75) is 32.9 Å². The van der Waals surface area contributed by atoms with Crippen LogP contribution in [0.4, 0.5) is 5.82 Å². The van der Waals surface area contributed by atoms with E-state index in [1.54, 1.807) is 7.11 Å². The summed E-state index contributed by atoms with van der Waals surface area (Å²) >= 11 is 0. The molecule has 0 aromatic carbocycles. The third-order valence-electron chi connectivity index (χ3n) is 3.02. The zero-order valence-corrected chi connectivity index (χ0v) is 11.8. The first-order valence-electron chi connectivity index (χ1n) is 6.45. The van der Waals surface area contributed by atoms with Gasteiger partial charge in [0.1, 0.15) is 0 Å². The van der Waals surface area contributed by atoms with Crippen molar-refractivity contribution in [1.29, 1.82) is 0 Å². The first-order valence-corrected chi connectivity index (χ1v) is 6.45. The Morgan fingerprint density at radius 1 is 1.39 bits per heavy atom. The van der Waals surface area contributed by atoms with Gasteiger partial charge in [-0.15, -0.1) is 5.10 Å². The third-order valence-corrected chi connectivity index (χ3v) is 3.02. The standard InChI is InChI=1S/C13H24N4O/c1-5-11(2)17(8-9-18-4)13-7-6-12(10-14-3)15-16-13/h6-7,11,14H,5,8-10H2,1-4H3. The van der Waals surface area contributed by atoms with Crippen molar-refractivity contribution in [3.05, 3.63) is 17.8 Å². The van der Waals surface area contributed by atoms with Crippen LogP contribution in [0.2, 0.25) is 0 Å².